The van der Waals surface area contributed by atoms with Gasteiger partial charge in [0.15, 0.2) is 0 Å². The summed E-state index contributed by atoms with van der Waals surface area (Å²) in [6.45, 7) is 11.4. The van der Waals surface area contributed by atoms with Crippen LogP contribution in [-0.2, 0) is 10.0 Å². The maximum absolute atomic E-state index is 13.2. The molecule has 0 atom stereocenters. The van der Waals surface area contributed by atoms with Crippen LogP contribution in [0.3, 0.4) is 0 Å². The summed E-state index contributed by atoms with van der Waals surface area (Å²) in [5.74, 6) is 1.33. The highest BCUT2D eigenvalue weighted by Gasteiger charge is 2.25. The minimum atomic E-state index is -3.70. The second-order valence-corrected chi connectivity index (χ2v) is 14.0. The van der Waals surface area contributed by atoms with Gasteiger partial charge in [0.25, 0.3) is 0 Å². The summed E-state index contributed by atoms with van der Waals surface area (Å²) in [6.07, 6.45) is 4.36. The number of rotatable bonds is 10. The van der Waals surface area contributed by atoms with Crippen molar-refractivity contribution in [2.24, 2.45) is 0 Å². The van der Waals surface area contributed by atoms with E-state index in [0.717, 1.165) is 39.0 Å². The lowest BCUT2D eigenvalue weighted by Gasteiger charge is -2.21. The van der Waals surface area contributed by atoms with E-state index < -0.39 is 15.6 Å². The molecule has 10 heteroatoms. The Morgan fingerprint density at radius 1 is 0.976 bits per heavy atom. The van der Waals surface area contributed by atoms with Crippen LogP contribution in [0.15, 0.2) is 71.8 Å². The summed E-state index contributed by atoms with van der Waals surface area (Å²) >= 11 is 1.50. The van der Waals surface area contributed by atoms with E-state index in [9.17, 15) is 8.42 Å². The normalized spacial score (nSPS) is 14.3. The molecule has 0 spiro atoms. The fraction of sp³-hybridized carbons (Fsp3) is 0.355. The Morgan fingerprint density at radius 2 is 1.68 bits per heavy atom. The van der Waals surface area contributed by atoms with Gasteiger partial charge in [-0.15, -0.1) is 11.3 Å². The maximum atomic E-state index is 13.2. The summed E-state index contributed by atoms with van der Waals surface area (Å²) in [5.41, 5.74) is 2.67. The molecule has 0 aliphatic carbocycles. The second kappa shape index (κ2) is 12.3. The molecule has 216 valence electrons. The van der Waals surface area contributed by atoms with E-state index in [1.54, 1.807) is 18.3 Å². The molecule has 8 nitrogen and oxygen atoms in total. The van der Waals surface area contributed by atoms with E-state index in [1.807, 2.05) is 76.2 Å². The van der Waals surface area contributed by atoms with E-state index >= 15 is 0 Å². The van der Waals surface area contributed by atoms with Crippen LogP contribution >= 0.6 is 11.3 Å². The molecule has 0 saturated carbocycles. The Hall–Kier alpha value is -3.31. The molecule has 0 bridgehead atoms. The number of anilines is 2. The third kappa shape index (κ3) is 7.51. The number of nitrogens with zero attached hydrogens (tertiary/aromatic N) is 3. The van der Waals surface area contributed by atoms with E-state index in [4.69, 9.17) is 9.72 Å². The molecule has 1 fully saturated rings. The van der Waals surface area contributed by atoms with Crippen LogP contribution in [-0.4, -0.2) is 55.1 Å². The van der Waals surface area contributed by atoms with Crippen LogP contribution < -0.4 is 14.8 Å². The van der Waals surface area contributed by atoms with Gasteiger partial charge < -0.3 is 10.1 Å². The zero-order valence-corrected chi connectivity index (χ0v) is 25.6. The SMILES string of the molecule is Cc1cnc(Nc2ccc(OCCN3CCCC3)cc2)nc1-c1ccc(-c2ccccc2S(=O)(=O)NC(C)(C)C)s1. The molecule has 0 amide bonds. The number of aromatic nitrogens is 2. The molecule has 4 aromatic rings. The average molecular weight is 592 g/mol. The van der Waals surface area contributed by atoms with Gasteiger partial charge in [0.05, 0.1) is 15.5 Å². The van der Waals surface area contributed by atoms with Crippen LogP contribution in [0.1, 0.15) is 39.2 Å². The molecule has 0 radical (unpaired) electrons. The highest BCUT2D eigenvalue weighted by molar-refractivity contribution is 7.89. The van der Waals surface area contributed by atoms with Gasteiger partial charge in [-0.1, -0.05) is 18.2 Å². The molecule has 3 heterocycles. The number of nitrogens with one attached hydrogen (secondary N) is 2. The average Bonchev–Trinajstić information content (AvgIpc) is 3.62. The van der Waals surface area contributed by atoms with Gasteiger partial charge in [-0.2, -0.15) is 0 Å². The lowest BCUT2D eigenvalue weighted by atomic mass is 10.1. The van der Waals surface area contributed by atoms with Crippen molar-refractivity contribution >= 4 is 33.0 Å². The molecule has 41 heavy (non-hydrogen) atoms. The number of hydrogen-bond acceptors (Lipinski definition) is 8. The predicted molar refractivity (Wildman–Crippen MR) is 166 cm³/mol. The van der Waals surface area contributed by atoms with Crippen molar-refractivity contribution in [2.75, 3.05) is 31.6 Å². The number of sulfonamides is 1. The van der Waals surface area contributed by atoms with Gasteiger partial charge in [0, 0.05) is 34.4 Å². The van der Waals surface area contributed by atoms with Gasteiger partial charge in [-0.25, -0.2) is 23.1 Å². The van der Waals surface area contributed by atoms with Crippen molar-refractivity contribution in [3.8, 4) is 26.8 Å². The fourth-order valence-electron chi connectivity index (χ4n) is 4.79. The lowest BCUT2D eigenvalue weighted by Crippen LogP contribution is -2.40. The number of benzene rings is 2. The Labute approximate surface area is 246 Å². The third-order valence-electron chi connectivity index (χ3n) is 6.68. The van der Waals surface area contributed by atoms with Gasteiger partial charge in [0.2, 0.25) is 16.0 Å². The summed E-state index contributed by atoms with van der Waals surface area (Å²) in [4.78, 5) is 13.8. The van der Waals surface area contributed by atoms with Gasteiger partial charge in [-0.05, 0) is 102 Å². The smallest absolute Gasteiger partial charge is 0.241 e. The minimum Gasteiger partial charge on any atom is -0.492 e. The quantitative estimate of drug-likeness (QED) is 0.218. The molecule has 2 N–H and O–H groups in total. The first-order chi connectivity index (χ1) is 19.6. The number of hydrogen-bond donors (Lipinski definition) is 2. The van der Waals surface area contributed by atoms with Crippen molar-refractivity contribution < 1.29 is 13.2 Å². The predicted octanol–water partition coefficient (Wildman–Crippen LogP) is 6.48. The topological polar surface area (TPSA) is 96.5 Å². The second-order valence-electron chi connectivity index (χ2n) is 11.3. The Bertz CT molecular complexity index is 1590. The van der Waals surface area contributed by atoms with E-state index in [0.29, 0.717) is 18.1 Å². The maximum Gasteiger partial charge on any atom is 0.241 e. The van der Waals surface area contributed by atoms with Gasteiger partial charge in [0.1, 0.15) is 12.4 Å². The largest absolute Gasteiger partial charge is 0.492 e. The van der Waals surface area contributed by atoms with Crippen LogP contribution in [0.4, 0.5) is 11.6 Å². The van der Waals surface area contributed by atoms with Crippen LogP contribution in [0.2, 0.25) is 0 Å². The van der Waals surface area contributed by atoms with Crippen molar-refractivity contribution in [2.45, 2.75) is 51.0 Å². The number of likely N-dealkylation sites (tertiary alicyclic amines) is 1. The Balaban J connectivity index is 1.31. The zero-order chi connectivity index (χ0) is 29.0. The van der Waals surface area contributed by atoms with Crippen molar-refractivity contribution in [1.29, 1.82) is 0 Å². The standard InChI is InChI=1S/C31H37N5O3S2/c1-22-21-32-30(33-23-11-13-24(14-12-23)39-20-19-36-17-7-8-18-36)34-29(22)27-16-15-26(40-27)25-9-5-6-10-28(25)41(37,38)35-31(2,3)4/h5-6,9-16,21,35H,7-8,17-20H2,1-4H3,(H,32,33,34). The molecule has 2 aromatic heterocycles. The van der Waals surface area contributed by atoms with Crippen molar-refractivity contribution in [3.63, 3.8) is 0 Å². The Kier molecular flexibility index (Phi) is 8.74. The first kappa shape index (κ1) is 29.2. The summed E-state index contributed by atoms with van der Waals surface area (Å²) in [6, 6.07) is 18.8. The zero-order valence-electron chi connectivity index (χ0n) is 24.0. The molecular weight excluding hydrogens is 555 g/mol. The highest BCUT2D eigenvalue weighted by Crippen LogP contribution is 2.38. The first-order valence-corrected chi connectivity index (χ1v) is 16.2. The van der Waals surface area contributed by atoms with Crippen molar-refractivity contribution in [1.82, 2.24) is 19.6 Å². The molecule has 1 aliphatic rings. The number of aryl methyl sites for hydroxylation is 1. The van der Waals surface area contributed by atoms with E-state index in [1.165, 1.54) is 37.3 Å². The summed E-state index contributed by atoms with van der Waals surface area (Å²) in [5, 5.41) is 3.29. The first-order valence-electron chi connectivity index (χ1n) is 13.9. The summed E-state index contributed by atoms with van der Waals surface area (Å²) < 4.78 is 35.0. The van der Waals surface area contributed by atoms with Crippen molar-refractivity contribution in [3.05, 3.63) is 72.4 Å². The molecule has 0 unspecified atom stereocenters. The summed E-state index contributed by atoms with van der Waals surface area (Å²) in [7, 11) is -3.70. The number of ether oxygens (including phenoxy) is 1. The van der Waals surface area contributed by atoms with Gasteiger partial charge in [-0.3, -0.25) is 4.90 Å². The highest BCUT2D eigenvalue weighted by atomic mass is 32.2. The Morgan fingerprint density at radius 3 is 2.41 bits per heavy atom. The van der Waals surface area contributed by atoms with Gasteiger partial charge >= 0.3 is 0 Å². The van der Waals surface area contributed by atoms with Crippen LogP contribution in [0, 0.1) is 6.92 Å². The van der Waals surface area contributed by atoms with Crippen LogP contribution in [0.25, 0.3) is 21.0 Å². The number of thiophene rings is 1. The van der Waals surface area contributed by atoms with E-state index in [2.05, 4.69) is 19.9 Å². The minimum absolute atomic E-state index is 0.258. The molecule has 1 saturated heterocycles. The fourth-order valence-corrected chi connectivity index (χ4v) is 7.59. The molecular formula is C31H37N5O3S2. The molecule has 1 aliphatic heterocycles. The third-order valence-corrected chi connectivity index (χ3v) is 9.62. The van der Waals surface area contributed by atoms with Crippen LogP contribution in [0.5, 0.6) is 5.75 Å². The molecule has 2 aromatic carbocycles. The molecule has 5 rings (SSSR count). The van der Waals surface area contributed by atoms with E-state index in [-0.39, 0.29) is 4.90 Å². The lowest BCUT2D eigenvalue weighted by molar-refractivity contribution is 0.238. The monoisotopic (exact) mass is 591 g/mol.